The van der Waals surface area contributed by atoms with E-state index in [-0.39, 0.29) is 28.1 Å². The van der Waals surface area contributed by atoms with Crippen LogP contribution in [0, 0.1) is 5.92 Å². The highest BCUT2D eigenvalue weighted by atomic mass is 35.5. The number of ketones is 2. The van der Waals surface area contributed by atoms with Crippen LogP contribution in [0.1, 0.15) is 56.8 Å². The van der Waals surface area contributed by atoms with Gasteiger partial charge in [-0.05, 0) is 59.5 Å². The van der Waals surface area contributed by atoms with E-state index >= 15 is 0 Å². The molecule has 4 aromatic carbocycles. The number of para-hydroxylation sites is 2. The zero-order valence-corrected chi connectivity index (χ0v) is 24.3. The van der Waals surface area contributed by atoms with Crippen LogP contribution in [0.4, 0.5) is 5.69 Å². The fourth-order valence-corrected chi connectivity index (χ4v) is 7.39. The standard InChI is InChI=1S/C36H29ClN2O4/c1-2-21-43-29-18-10-6-14-25(29)33(41)31-30(32(40)24-13-5-8-16-27(24)37)36(26-15-7-9-17-28(26)38-35(36)42)34-23-12-4-3-11-22(23)19-20-39(31)34/h3-20,30-31,34H,2,21H2,1H3,(H,38,42)/t30-,31-,34+,36+/m0/s1. The lowest BCUT2D eigenvalue weighted by atomic mass is 9.62. The molecule has 1 spiro atoms. The minimum atomic E-state index is -1.42. The van der Waals surface area contributed by atoms with Crippen molar-refractivity contribution in [2.45, 2.75) is 30.8 Å². The molecule has 43 heavy (non-hydrogen) atoms. The summed E-state index contributed by atoms with van der Waals surface area (Å²) in [6.07, 6.45) is 4.58. The number of anilines is 1. The van der Waals surface area contributed by atoms with Gasteiger partial charge in [-0.15, -0.1) is 0 Å². The van der Waals surface area contributed by atoms with Gasteiger partial charge in [0.2, 0.25) is 5.91 Å². The number of carbonyl (C=O) groups excluding carboxylic acids is 3. The van der Waals surface area contributed by atoms with E-state index < -0.39 is 23.4 Å². The molecule has 7 heteroatoms. The Labute approximate surface area is 254 Å². The number of Topliss-reactive ketones (excluding diaryl/α,β-unsaturated/α-hetero) is 2. The van der Waals surface area contributed by atoms with Crippen LogP contribution in [-0.4, -0.2) is 35.0 Å². The SMILES string of the molecule is CCCOc1ccccc1C(=O)[C@@H]1[C@@H](C(=O)c2ccccc2Cl)[C@@]2(C(=O)Nc3ccccc32)[C@H]2c3ccccc3C=CN12. The molecule has 0 bridgehead atoms. The van der Waals surface area contributed by atoms with Gasteiger partial charge < -0.3 is 15.0 Å². The number of fused-ring (bicyclic) bond motifs is 6. The molecular formula is C36H29ClN2O4. The molecule has 1 fully saturated rings. The number of nitrogens with one attached hydrogen (secondary N) is 1. The summed E-state index contributed by atoms with van der Waals surface area (Å²) < 4.78 is 6.01. The van der Waals surface area contributed by atoms with Crippen LogP contribution in [0.3, 0.4) is 0 Å². The van der Waals surface area contributed by atoms with Gasteiger partial charge in [-0.1, -0.05) is 85.3 Å². The first-order valence-electron chi connectivity index (χ1n) is 14.5. The van der Waals surface area contributed by atoms with Crippen LogP contribution < -0.4 is 10.1 Å². The Kier molecular flexibility index (Phi) is 6.66. The second-order valence-electron chi connectivity index (χ2n) is 11.1. The number of ether oxygens (including phenoxy) is 1. The van der Waals surface area contributed by atoms with E-state index in [0.717, 1.165) is 17.5 Å². The van der Waals surface area contributed by atoms with Crippen molar-refractivity contribution < 1.29 is 19.1 Å². The quantitative estimate of drug-likeness (QED) is 0.233. The third-order valence-corrected chi connectivity index (χ3v) is 9.20. The minimum Gasteiger partial charge on any atom is -0.493 e. The molecule has 0 aliphatic carbocycles. The van der Waals surface area contributed by atoms with Crippen LogP contribution >= 0.6 is 11.6 Å². The first kappa shape index (κ1) is 27.2. The monoisotopic (exact) mass is 588 g/mol. The Morgan fingerprint density at radius 3 is 2.40 bits per heavy atom. The summed E-state index contributed by atoms with van der Waals surface area (Å²) in [6, 6.07) is 27.6. The van der Waals surface area contributed by atoms with Gasteiger partial charge in [0.05, 0.1) is 29.2 Å². The largest absolute Gasteiger partial charge is 0.493 e. The molecule has 214 valence electrons. The van der Waals surface area contributed by atoms with Gasteiger partial charge in [0.25, 0.3) is 0 Å². The Hall–Kier alpha value is -4.68. The predicted octanol–water partition coefficient (Wildman–Crippen LogP) is 7.11. The maximum Gasteiger partial charge on any atom is 0.238 e. The maximum atomic E-state index is 14.9. The zero-order valence-electron chi connectivity index (χ0n) is 23.5. The molecule has 3 heterocycles. The van der Waals surface area contributed by atoms with Crippen molar-refractivity contribution >= 4 is 40.8 Å². The molecular weight excluding hydrogens is 560 g/mol. The zero-order chi connectivity index (χ0) is 29.7. The molecule has 1 amide bonds. The summed E-state index contributed by atoms with van der Waals surface area (Å²) in [5.74, 6) is -1.62. The summed E-state index contributed by atoms with van der Waals surface area (Å²) >= 11 is 6.64. The third kappa shape index (κ3) is 3.97. The van der Waals surface area contributed by atoms with Crippen LogP contribution in [0.5, 0.6) is 5.75 Å². The number of nitrogens with zero attached hydrogens (tertiary/aromatic N) is 1. The molecule has 3 aliphatic heterocycles. The summed E-state index contributed by atoms with van der Waals surface area (Å²) in [6.45, 7) is 2.44. The van der Waals surface area contributed by atoms with Crippen molar-refractivity contribution in [3.8, 4) is 5.75 Å². The lowest BCUT2D eigenvalue weighted by Gasteiger charge is -2.38. The summed E-state index contributed by atoms with van der Waals surface area (Å²) in [5, 5.41) is 3.34. The fourth-order valence-electron chi connectivity index (χ4n) is 7.16. The van der Waals surface area contributed by atoms with Crippen LogP contribution in [0.15, 0.2) is 103 Å². The van der Waals surface area contributed by atoms with Gasteiger partial charge in [0.1, 0.15) is 17.2 Å². The van der Waals surface area contributed by atoms with Crippen LogP contribution in [-0.2, 0) is 10.2 Å². The summed E-state index contributed by atoms with van der Waals surface area (Å²) in [5.41, 5.74) is 2.35. The van der Waals surface area contributed by atoms with Crippen molar-refractivity contribution in [1.29, 1.82) is 0 Å². The topological polar surface area (TPSA) is 75.7 Å². The number of hydrogen-bond acceptors (Lipinski definition) is 5. The first-order valence-corrected chi connectivity index (χ1v) is 14.9. The van der Waals surface area contributed by atoms with Crippen LogP contribution in [0.25, 0.3) is 6.08 Å². The molecule has 6 nitrogen and oxygen atoms in total. The van der Waals surface area contributed by atoms with E-state index in [1.54, 1.807) is 42.5 Å². The van der Waals surface area contributed by atoms with Crippen molar-refractivity contribution in [2.24, 2.45) is 5.92 Å². The predicted molar refractivity (Wildman–Crippen MR) is 166 cm³/mol. The third-order valence-electron chi connectivity index (χ3n) is 8.88. The first-order chi connectivity index (χ1) is 21.0. The van der Waals surface area contributed by atoms with E-state index in [1.165, 1.54) is 0 Å². The molecule has 1 N–H and O–H groups in total. The van der Waals surface area contributed by atoms with E-state index in [9.17, 15) is 14.4 Å². The number of amides is 1. The van der Waals surface area contributed by atoms with Crippen molar-refractivity contribution in [3.05, 3.63) is 136 Å². The van der Waals surface area contributed by atoms with Crippen LogP contribution in [0.2, 0.25) is 5.02 Å². The van der Waals surface area contributed by atoms with Gasteiger partial charge >= 0.3 is 0 Å². The minimum absolute atomic E-state index is 0.271. The number of rotatable bonds is 7. The van der Waals surface area contributed by atoms with Crippen molar-refractivity contribution in [3.63, 3.8) is 0 Å². The van der Waals surface area contributed by atoms with Crippen molar-refractivity contribution in [2.75, 3.05) is 11.9 Å². The van der Waals surface area contributed by atoms with E-state index in [1.807, 2.05) is 78.7 Å². The molecule has 7 rings (SSSR count). The Morgan fingerprint density at radius 2 is 1.58 bits per heavy atom. The lowest BCUT2D eigenvalue weighted by Crippen LogP contribution is -2.49. The lowest BCUT2D eigenvalue weighted by molar-refractivity contribution is -0.122. The fraction of sp³-hybridized carbons (Fsp3) is 0.194. The number of benzene rings is 4. The molecule has 3 aliphatic rings. The highest BCUT2D eigenvalue weighted by Gasteiger charge is 2.71. The van der Waals surface area contributed by atoms with Crippen molar-refractivity contribution in [1.82, 2.24) is 4.90 Å². The van der Waals surface area contributed by atoms with Gasteiger partial charge in [0.15, 0.2) is 11.6 Å². The van der Waals surface area contributed by atoms with E-state index in [2.05, 4.69) is 5.32 Å². The number of carbonyl (C=O) groups is 3. The Bertz CT molecular complexity index is 1820. The number of halogens is 1. The van der Waals surface area contributed by atoms with Gasteiger partial charge in [-0.3, -0.25) is 14.4 Å². The van der Waals surface area contributed by atoms with E-state index in [0.29, 0.717) is 29.2 Å². The molecule has 0 saturated carbocycles. The van der Waals surface area contributed by atoms with Gasteiger partial charge in [0, 0.05) is 17.5 Å². The highest BCUT2D eigenvalue weighted by Crippen LogP contribution is 2.62. The Balaban J connectivity index is 1.53. The molecule has 0 unspecified atom stereocenters. The maximum absolute atomic E-state index is 14.9. The molecule has 4 atom stereocenters. The smallest absolute Gasteiger partial charge is 0.238 e. The number of hydrogen-bond donors (Lipinski definition) is 1. The second kappa shape index (κ2) is 10.5. The average Bonchev–Trinajstić information content (AvgIpc) is 3.52. The molecule has 4 aromatic rings. The normalized spacial score (nSPS) is 23.0. The van der Waals surface area contributed by atoms with E-state index in [4.69, 9.17) is 16.3 Å². The molecule has 0 radical (unpaired) electrons. The van der Waals surface area contributed by atoms with Gasteiger partial charge in [-0.2, -0.15) is 0 Å². The van der Waals surface area contributed by atoms with Gasteiger partial charge in [-0.25, -0.2) is 0 Å². The average molecular weight is 589 g/mol. The summed E-state index contributed by atoms with van der Waals surface area (Å²) in [7, 11) is 0. The highest BCUT2D eigenvalue weighted by molar-refractivity contribution is 6.34. The Morgan fingerprint density at radius 1 is 0.884 bits per heavy atom. The molecule has 1 saturated heterocycles. The summed E-state index contributed by atoms with van der Waals surface area (Å²) in [4.78, 5) is 46.4. The second-order valence-corrected chi connectivity index (χ2v) is 11.5. The molecule has 0 aromatic heterocycles.